The van der Waals surface area contributed by atoms with Crippen LogP contribution >= 0.6 is 0 Å². The van der Waals surface area contributed by atoms with Crippen molar-refractivity contribution in [3.63, 3.8) is 0 Å². The molecule has 0 aromatic heterocycles. The summed E-state index contributed by atoms with van der Waals surface area (Å²) in [5.74, 6) is 1.50. The van der Waals surface area contributed by atoms with Crippen molar-refractivity contribution in [3.05, 3.63) is 63.7 Å². The molecule has 0 fully saturated rings. The van der Waals surface area contributed by atoms with Gasteiger partial charge >= 0.3 is 0 Å². The second-order valence-corrected chi connectivity index (χ2v) is 11.4. The highest BCUT2D eigenvalue weighted by atomic mass is 16.3. The Balaban J connectivity index is 2.73. The second-order valence-electron chi connectivity index (χ2n) is 11.4. The Bertz CT molecular complexity index is 857. The Hall–Kier alpha value is -1.76. The standard InChI is InChI=1S/C28H42O/c1-17(2)20-12-22(14-23(13-20)27(6,7)8)19(5)24-15-21(18(3)4)16-25(26(24)29)28(9,10)11/h12-19,29H,1-11H3. The molecule has 0 spiro atoms. The molecular weight excluding hydrogens is 352 g/mol. The summed E-state index contributed by atoms with van der Waals surface area (Å²) in [6.07, 6.45) is 0. The molecule has 0 amide bonds. The van der Waals surface area contributed by atoms with Gasteiger partial charge in [0, 0.05) is 11.5 Å². The van der Waals surface area contributed by atoms with Gasteiger partial charge in [-0.05, 0) is 50.5 Å². The minimum Gasteiger partial charge on any atom is -0.507 e. The van der Waals surface area contributed by atoms with Gasteiger partial charge in [-0.2, -0.15) is 0 Å². The van der Waals surface area contributed by atoms with Gasteiger partial charge in [-0.25, -0.2) is 0 Å². The summed E-state index contributed by atoms with van der Waals surface area (Å²) in [4.78, 5) is 0. The van der Waals surface area contributed by atoms with Crippen LogP contribution in [0.25, 0.3) is 0 Å². The highest BCUT2D eigenvalue weighted by Gasteiger charge is 2.26. The van der Waals surface area contributed by atoms with Crippen LogP contribution in [0.15, 0.2) is 30.3 Å². The van der Waals surface area contributed by atoms with Crippen molar-refractivity contribution in [2.75, 3.05) is 0 Å². The first-order chi connectivity index (χ1) is 13.1. The van der Waals surface area contributed by atoms with Gasteiger partial charge in [0.05, 0.1) is 0 Å². The molecule has 1 N–H and O–H groups in total. The molecule has 0 saturated heterocycles. The lowest BCUT2D eigenvalue weighted by Gasteiger charge is -2.28. The van der Waals surface area contributed by atoms with E-state index in [0.29, 0.717) is 17.6 Å². The summed E-state index contributed by atoms with van der Waals surface area (Å²) in [7, 11) is 0. The monoisotopic (exact) mass is 394 g/mol. The van der Waals surface area contributed by atoms with E-state index in [4.69, 9.17) is 0 Å². The number of phenolic OH excluding ortho intramolecular Hbond substituents is 1. The minimum atomic E-state index is -0.0974. The lowest BCUT2D eigenvalue weighted by molar-refractivity contribution is 0.437. The summed E-state index contributed by atoms with van der Waals surface area (Å²) >= 11 is 0. The van der Waals surface area contributed by atoms with Gasteiger partial charge in [-0.3, -0.25) is 0 Å². The van der Waals surface area contributed by atoms with Gasteiger partial charge in [0.25, 0.3) is 0 Å². The first-order valence-electron chi connectivity index (χ1n) is 11.2. The van der Waals surface area contributed by atoms with Gasteiger partial charge in [0.2, 0.25) is 0 Å². The van der Waals surface area contributed by atoms with Crippen molar-refractivity contribution in [2.24, 2.45) is 0 Å². The highest BCUT2D eigenvalue weighted by molar-refractivity contribution is 5.52. The smallest absolute Gasteiger partial charge is 0.123 e. The zero-order valence-corrected chi connectivity index (χ0v) is 20.6. The summed E-state index contributed by atoms with van der Waals surface area (Å²) in [6, 6.07) is 11.4. The molecule has 0 aliphatic carbocycles. The predicted molar refractivity (Wildman–Crippen MR) is 128 cm³/mol. The molecule has 0 heterocycles. The number of hydrogen-bond acceptors (Lipinski definition) is 1. The van der Waals surface area contributed by atoms with Gasteiger partial charge in [-0.1, -0.05) is 106 Å². The van der Waals surface area contributed by atoms with Gasteiger partial charge in [0.15, 0.2) is 0 Å². The van der Waals surface area contributed by atoms with Crippen LogP contribution in [0.4, 0.5) is 0 Å². The van der Waals surface area contributed by atoms with Crippen LogP contribution < -0.4 is 0 Å². The molecule has 2 aromatic carbocycles. The quantitative estimate of drug-likeness (QED) is 0.552. The SMILES string of the molecule is CC(C)c1cc(C(C)c2cc(C(C)C)cc(C(C)(C)C)c2O)cc(C(C)(C)C)c1. The third kappa shape index (κ3) is 5.24. The summed E-state index contributed by atoms with van der Waals surface area (Å²) in [6.45, 7) is 24.6. The van der Waals surface area contributed by atoms with Crippen LogP contribution in [0.2, 0.25) is 0 Å². The van der Waals surface area contributed by atoms with Crippen LogP contribution in [0.3, 0.4) is 0 Å². The maximum Gasteiger partial charge on any atom is 0.123 e. The van der Waals surface area contributed by atoms with Crippen LogP contribution in [-0.4, -0.2) is 5.11 Å². The molecule has 160 valence electrons. The zero-order valence-electron chi connectivity index (χ0n) is 20.6. The van der Waals surface area contributed by atoms with Crippen molar-refractivity contribution in [1.82, 2.24) is 0 Å². The third-order valence-corrected chi connectivity index (χ3v) is 6.11. The molecular formula is C28H42O. The molecule has 0 radical (unpaired) electrons. The predicted octanol–water partition coefficient (Wildman–Crippen LogP) is 8.39. The topological polar surface area (TPSA) is 20.2 Å². The Kier molecular flexibility index (Phi) is 6.62. The Labute approximate surface area is 179 Å². The van der Waals surface area contributed by atoms with Crippen LogP contribution in [0.1, 0.15) is 127 Å². The van der Waals surface area contributed by atoms with Gasteiger partial charge in [0.1, 0.15) is 5.75 Å². The average Bonchev–Trinajstić information content (AvgIpc) is 2.58. The van der Waals surface area contributed by atoms with Crippen LogP contribution in [0, 0.1) is 0 Å². The molecule has 0 aliphatic rings. The normalized spacial score (nSPS) is 14.0. The molecule has 2 rings (SSSR count). The summed E-state index contributed by atoms with van der Waals surface area (Å²) < 4.78 is 0. The van der Waals surface area contributed by atoms with E-state index in [1.165, 1.54) is 22.3 Å². The van der Waals surface area contributed by atoms with Gasteiger partial charge < -0.3 is 5.11 Å². The van der Waals surface area contributed by atoms with Crippen molar-refractivity contribution >= 4 is 0 Å². The maximum absolute atomic E-state index is 11.3. The largest absolute Gasteiger partial charge is 0.507 e. The summed E-state index contributed by atoms with van der Waals surface area (Å²) in [5.41, 5.74) is 7.40. The van der Waals surface area contributed by atoms with Crippen molar-refractivity contribution in [3.8, 4) is 5.75 Å². The summed E-state index contributed by atoms with van der Waals surface area (Å²) in [5, 5.41) is 11.3. The van der Waals surface area contributed by atoms with Crippen molar-refractivity contribution < 1.29 is 5.11 Å². The number of rotatable bonds is 4. The Morgan fingerprint density at radius 2 is 1.10 bits per heavy atom. The molecule has 1 nitrogen and oxygen atoms in total. The molecule has 0 bridgehead atoms. The van der Waals surface area contributed by atoms with E-state index in [0.717, 1.165) is 11.1 Å². The molecule has 2 aromatic rings. The zero-order chi connectivity index (χ0) is 22.3. The lowest BCUT2D eigenvalue weighted by Crippen LogP contribution is -2.15. The van der Waals surface area contributed by atoms with E-state index in [9.17, 15) is 5.11 Å². The van der Waals surface area contributed by atoms with E-state index in [1.54, 1.807) is 0 Å². The second kappa shape index (κ2) is 8.17. The van der Waals surface area contributed by atoms with Crippen molar-refractivity contribution in [2.45, 2.75) is 105 Å². The third-order valence-electron chi connectivity index (χ3n) is 6.11. The van der Waals surface area contributed by atoms with E-state index >= 15 is 0 Å². The first kappa shape index (κ1) is 23.5. The number of phenols is 1. The molecule has 1 unspecified atom stereocenters. The Morgan fingerprint density at radius 3 is 1.55 bits per heavy atom. The lowest BCUT2D eigenvalue weighted by atomic mass is 9.78. The number of benzene rings is 2. The fraction of sp³-hybridized carbons (Fsp3) is 0.571. The molecule has 0 aliphatic heterocycles. The number of aromatic hydroxyl groups is 1. The number of hydrogen-bond donors (Lipinski definition) is 1. The van der Waals surface area contributed by atoms with E-state index in [2.05, 4.69) is 106 Å². The van der Waals surface area contributed by atoms with Crippen molar-refractivity contribution in [1.29, 1.82) is 0 Å². The average molecular weight is 395 g/mol. The van der Waals surface area contributed by atoms with Crippen LogP contribution in [-0.2, 0) is 10.8 Å². The maximum atomic E-state index is 11.3. The molecule has 29 heavy (non-hydrogen) atoms. The Morgan fingerprint density at radius 1 is 0.621 bits per heavy atom. The molecule has 1 atom stereocenters. The minimum absolute atomic E-state index is 0.0950. The van der Waals surface area contributed by atoms with E-state index < -0.39 is 0 Å². The van der Waals surface area contributed by atoms with E-state index in [1.807, 2.05) is 0 Å². The fourth-order valence-corrected chi connectivity index (χ4v) is 3.79. The van der Waals surface area contributed by atoms with E-state index in [-0.39, 0.29) is 16.7 Å². The highest BCUT2D eigenvalue weighted by Crippen LogP contribution is 2.42. The van der Waals surface area contributed by atoms with Crippen LogP contribution in [0.5, 0.6) is 5.75 Å². The fourth-order valence-electron chi connectivity index (χ4n) is 3.79. The van der Waals surface area contributed by atoms with Gasteiger partial charge in [-0.15, -0.1) is 0 Å². The molecule has 1 heteroatoms. The first-order valence-corrected chi connectivity index (χ1v) is 11.2. The molecule has 0 saturated carbocycles.